The fraction of sp³-hybridized carbons (Fsp3) is 0.467. The van der Waals surface area contributed by atoms with Gasteiger partial charge in [-0.25, -0.2) is 4.79 Å². The molecule has 1 aliphatic heterocycles. The summed E-state index contributed by atoms with van der Waals surface area (Å²) in [6, 6.07) is 3.57. The van der Waals surface area contributed by atoms with Gasteiger partial charge in [-0.1, -0.05) is 11.6 Å². The zero-order valence-corrected chi connectivity index (χ0v) is 14.0. The first-order valence-electron chi connectivity index (χ1n) is 7.32. The summed E-state index contributed by atoms with van der Waals surface area (Å²) in [5, 5.41) is 11.1. The lowest BCUT2D eigenvalue weighted by molar-refractivity contribution is -0.385. The van der Waals surface area contributed by atoms with Gasteiger partial charge < -0.3 is 14.4 Å². The monoisotopic (exact) mass is 356 g/mol. The lowest BCUT2D eigenvalue weighted by Gasteiger charge is -2.35. The fourth-order valence-corrected chi connectivity index (χ4v) is 2.68. The van der Waals surface area contributed by atoms with E-state index in [2.05, 4.69) is 0 Å². The van der Waals surface area contributed by atoms with Gasteiger partial charge in [-0.2, -0.15) is 0 Å². The number of carbonyl (C=O) groups is 2. The quantitative estimate of drug-likeness (QED) is 0.465. The number of rotatable bonds is 4. The van der Waals surface area contributed by atoms with Gasteiger partial charge in [0.1, 0.15) is 5.56 Å². The molecule has 2 atom stereocenters. The van der Waals surface area contributed by atoms with E-state index in [0.717, 1.165) is 12.1 Å². The van der Waals surface area contributed by atoms with Gasteiger partial charge >= 0.3 is 5.97 Å². The van der Waals surface area contributed by atoms with Crippen LogP contribution in [-0.4, -0.2) is 53.6 Å². The van der Waals surface area contributed by atoms with Gasteiger partial charge in [-0.05, 0) is 26.0 Å². The summed E-state index contributed by atoms with van der Waals surface area (Å²) in [6.07, 6.45) is -0.218. The smallest absolute Gasteiger partial charge is 0.345 e. The highest BCUT2D eigenvalue weighted by Crippen LogP contribution is 2.23. The van der Waals surface area contributed by atoms with Crippen molar-refractivity contribution in [2.24, 2.45) is 0 Å². The molecule has 1 aromatic carbocycles. The van der Waals surface area contributed by atoms with E-state index in [1.165, 1.54) is 6.07 Å². The van der Waals surface area contributed by atoms with Crippen LogP contribution in [-0.2, 0) is 14.3 Å². The van der Waals surface area contributed by atoms with E-state index in [1.54, 1.807) is 4.90 Å². The van der Waals surface area contributed by atoms with E-state index in [-0.39, 0.29) is 28.7 Å². The molecule has 9 heteroatoms. The van der Waals surface area contributed by atoms with Crippen LogP contribution in [0, 0.1) is 10.1 Å². The van der Waals surface area contributed by atoms with Crippen LogP contribution in [0.5, 0.6) is 0 Å². The van der Waals surface area contributed by atoms with Gasteiger partial charge in [0, 0.05) is 24.2 Å². The number of esters is 1. The van der Waals surface area contributed by atoms with Gasteiger partial charge in [0.15, 0.2) is 6.61 Å². The zero-order chi connectivity index (χ0) is 17.9. The number of benzene rings is 1. The zero-order valence-electron chi connectivity index (χ0n) is 13.2. The minimum atomic E-state index is -0.966. The number of hydrogen-bond donors (Lipinski definition) is 0. The Labute approximate surface area is 143 Å². The second-order valence-electron chi connectivity index (χ2n) is 5.55. The molecule has 0 aliphatic carbocycles. The Morgan fingerprint density at radius 3 is 2.58 bits per heavy atom. The number of halogens is 1. The predicted molar refractivity (Wildman–Crippen MR) is 85.0 cm³/mol. The van der Waals surface area contributed by atoms with Crippen LogP contribution in [0.25, 0.3) is 0 Å². The number of amides is 1. The lowest BCUT2D eigenvalue weighted by atomic mass is 10.2. The van der Waals surface area contributed by atoms with E-state index >= 15 is 0 Å². The molecule has 8 nitrogen and oxygen atoms in total. The Kier molecular flexibility index (Phi) is 5.74. The molecule has 1 aliphatic rings. The normalized spacial score (nSPS) is 20.5. The SMILES string of the molecule is C[C@H]1CN(C(=O)COC(=O)c2cc(Cl)ccc2[N+](=O)[O-])C[C@H](C)O1. The topological polar surface area (TPSA) is 99.0 Å². The number of nitro benzene ring substituents is 1. The van der Waals surface area contributed by atoms with Crippen molar-refractivity contribution in [3.8, 4) is 0 Å². The Hall–Kier alpha value is -2.19. The average molecular weight is 357 g/mol. The van der Waals surface area contributed by atoms with Crippen molar-refractivity contribution in [2.75, 3.05) is 19.7 Å². The third-order valence-electron chi connectivity index (χ3n) is 3.47. The van der Waals surface area contributed by atoms with Crippen LogP contribution in [0.2, 0.25) is 5.02 Å². The lowest BCUT2D eigenvalue weighted by Crippen LogP contribution is -2.49. The molecule has 1 aromatic rings. The van der Waals surface area contributed by atoms with Crippen LogP contribution in [0.3, 0.4) is 0 Å². The Bertz CT molecular complexity index is 655. The van der Waals surface area contributed by atoms with Gasteiger partial charge in [0.2, 0.25) is 0 Å². The van der Waals surface area contributed by atoms with E-state index < -0.39 is 23.2 Å². The molecule has 1 fully saturated rings. The third kappa shape index (κ3) is 4.42. The van der Waals surface area contributed by atoms with Crippen molar-refractivity contribution in [1.82, 2.24) is 4.90 Å². The van der Waals surface area contributed by atoms with Crippen LogP contribution in [0.4, 0.5) is 5.69 Å². The highest BCUT2D eigenvalue weighted by Gasteiger charge is 2.27. The summed E-state index contributed by atoms with van der Waals surface area (Å²) in [4.78, 5) is 36.0. The van der Waals surface area contributed by atoms with Crippen molar-refractivity contribution < 1.29 is 24.0 Å². The summed E-state index contributed by atoms with van der Waals surface area (Å²) in [6.45, 7) is 3.99. The summed E-state index contributed by atoms with van der Waals surface area (Å²) < 4.78 is 10.5. The van der Waals surface area contributed by atoms with E-state index in [0.29, 0.717) is 13.1 Å². The number of nitro groups is 1. The van der Waals surface area contributed by atoms with Gasteiger partial charge in [-0.3, -0.25) is 14.9 Å². The third-order valence-corrected chi connectivity index (χ3v) is 3.71. The largest absolute Gasteiger partial charge is 0.452 e. The van der Waals surface area contributed by atoms with Gasteiger partial charge in [0.25, 0.3) is 11.6 Å². The van der Waals surface area contributed by atoms with Crippen molar-refractivity contribution in [3.63, 3.8) is 0 Å². The highest BCUT2D eigenvalue weighted by atomic mass is 35.5. The molecule has 0 bridgehead atoms. The number of nitrogens with zero attached hydrogens (tertiary/aromatic N) is 2. The van der Waals surface area contributed by atoms with Crippen LogP contribution < -0.4 is 0 Å². The minimum Gasteiger partial charge on any atom is -0.452 e. The summed E-state index contributed by atoms with van der Waals surface area (Å²) in [5.41, 5.74) is -0.713. The van der Waals surface area contributed by atoms with Gasteiger partial charge in [-0.15, -0.1) is 0 Å². The van der Waals surface area contributed by atoms with Gasteiger partial charge in [0.05, 0.1) is 17.1 Å². The number of ether oxygens (including phenoxy) is 2. The molecule has 0 unspecified atom stereocenters. The fourth-order valence-electron chi connectivity index (χ4n) is 2.51. The molecule has 1 saturated heterocycles. The maximum atomic E-state index is 12.1. The Balaban J connectivity index is 2.02. The predicted octanol–water partition coefficient (Wildman–Crippen LogP) is 2.04. The molecule has 24 heavy (non-hydrogen) atoms. The first-order valence-corrected chi connectivity index (χ1v) is 7.70. The van der Waals surface area contributed by atoms with Crippen molar-refractivity contribution in [1.29, 1.82) is 0 Å². The second kappa shape index (κ2) is 7.59. The van der Waals surface area contributed by atoms with Crippen molar-refractivity contribution in [2.45, 2.75) is 26.1 Å². The molecule has 1 heterocycles. The minimum absolute atomic E-state index is 0.109. The average Bonchev–Trinajstić information content (AvgIpc) is 2.50. The Morgan fingerprint density at radius 2 is 2.00 bits per heavy atom. The number of hydrogen-bond acceptors (Lipinski definition) is 6. The first-order chi connectivity index (χ1) is 11.3. The molecule has 0 aromatic heterocycles. The summed E-state index contributed by atoms with van der Waals surface area (Å²) >= 11 is 5.76. The molecular formula is C15H17ClN2O6. The molecule has 0 N–H and O–H groups in total. The molecular weight excluding hydrogens is 340 g/mol. The van der Waals surface area contributed by atoms with E-state index in [9.17, 15) is 19.7 Å². The van der Waals surface area contributed by atoms with Crippen LogP contribution in [0.1, 0.15) is 24.2 Å². The number of morpholine rings is 1. The van der Waals surface area contributed by atoms with Crippen molar-refractivity contribution >= 4 is 29.2 Å². The second-order valence-corrected chi connectivity index (χ2v) is 5.99. The summed E-state index contributed by atoms with van der Waals surface area (Å²) in [7, 11) is 0. The van der Waals surface area contributed by atoms with E-state index in [1.807, 2.05) is 13.8 Å². The summed E-state index contributed by atoms with van der Waals surface area (Å²) in [5.74, 6) is -1.35. The molecule has 0 saturated carbocycles. The molecule has 1 amide bonds. The molecule has 0 spiro atoms. The molecule has 2 rings (SSSR count). The number of carbonyl (C=O) groups excluding carboxylic acids is 2. The van der Waals surface area contributed by atoms with Crippen molar-refractivity contribution in [3.05, 3.63) is 38.9 Å². The molecule has 130 valence electrons. The Morgan fingerprint density at radius 1 is 1.38 bits per heavy atom. The van der Waals surface area contributed by atoms with E-state index in [4.69, 9.17) is 21.1 Å². The van der Waals surface area contributed by atoms with Crippen LogP contribution in [0.15, 0.2) is 18.2 Å². The maximum absolute atomic E-state index is 12.1. The standard InChI is InChI=1S/C15H17ClN2O6/c1-9-6-17(7-10(2)24-9)14(19)8-23-15(20)12-5-11(16)3-4-13(12)18(21)22/h3-5,9-10H,6-8H2,1-2H3/t9-,10-/m0/s1. The maximum Gasteiger partial charge on any atom is 0.345 e. The first kappa shape index (κ1) is 18.2. The molecule has 0 radical (unpaired) electrons. The van der Waals surface area contributed by atoms with Crippen LogP contribution >= 0.6 is 11.6 Å². The highest BCUT2D eigenvalue weighted by molar-refractivity contribution is 6.31.